The van der Waals surface area contributed by atoms with E-state index in [1.807, 2.05) is 0 Å². The van der Waals surface area contributed by atoms with Crippen LogP contribution in [0, 0.1) is 0 Å². The molecule has 0 heterocycles. The van der Waals surface area contributed by atoms with E-state index in [9.17, 15) is 13.0 Å². The third-order valence-electron chi connectivity index (χ3n) is 9.69. The number of quaternary nitrogens is 1. The fraction of sp³-hybridized carbons (Fsp3) is 1.00. The lowest BCUT2D eigenvalue weighted by molar-refractivity contribution is -0.929. The summed E-state index contributed by atoms with van der Waals surface area (Å²) < 4.78 is 32.0. The minimum absolute atomic E-state index is 0.195. The average Bonchev–Trinajstić information content (AvgIpc) is 3.01. The molecule has 0 aliphatic carbocycles. The van der Waals surface area contributed by atoms with Gasteiger partial charge in [0.15, 0.2) is 0 Å². The number of hydrogen-bond donors (Lipinski definition) is 0. The maximum atomic E-state index is 10.2. The Labute approximate surface area is 286 Å². The molecule has 0 saturated heterocycles. The third-order valence-corrected chi connectivity index (χ3v) is 10.5. The van der Waals surface area contributed by atoms with E-state index >= 15 is 0 Å². The van der Waals surface area contributed by atoms with Crippen LogP contribution in [0.15, 0.2) is 0 Å². The predicted molar refractivity (Wildman–Crippen MR) is 201 cm³/mol. The van der Waals surface area contributed by atoms with E-state index in [-0.39, 0.29) is 5.75 Å². The van der Waals surface area contributed by atoms with E-state index in [4.69, 9.17) is 0 Å². The van der Waals surface area contributed by atoms with Crippen molar-refractivity contribution >= 4 is 10.1 Å². The molecular formula is C40H85NO3S. The largest absolute Gasteiger partial charge is 0.748 e. The van der Waals surface area contributed by atoms with Gasteiger partial charge in [0.25, 0.3) is 0 Å². The van der Waals surface area contributed by atoms with Crippen LogP contribution in [0.5, 0.6) is 0 Å². The van der Waals surface area contributed by atoms with Gasteiger partial charge in [-0.2, -0.15) is 0 Å². The summed E-state index contributed by atoms with van der Waals surface area (Å²) in [7, 11) is -3.97. The molecule has 0 aromatic heterocycles. The molecule has 0 atom stereocenters. The second-order valence-electron chi connectivity index (χ2n) is 14.3. The van der Waals surface area contributed by atoms with Crippen LogP contribution in [0.4, 0.5) is 0 Å². The fourth-order valence-corrected chi connectivity index (χ4v) is 7.20. The zero-order chi connectivity index (χ0) is 33.7. The topological polar surface area (TPSA) is 57.2 Å². The highest BCUT2D eigenvalue weighted by molar-refractivity contribution is 7.85. The lowest BCUT2D eigenvalue weighted by Gasteiger charge is -2.40. The van der Waals surface area contributed by atoms with Crippen molar-refractivity contribution in [3.05, 3.63) is 0 Å². The van der Waals surface area contributed by atoms with Crippen molar-refractivity contribution in [2.75, 3.05) is 31.9 Å². The van der Waals surface area contributed by atoms with Crippen LogP contribution < -0.4 is 0 Å². The van der Waals surface area contributed by atoms with Crippen LogP contribution in [0.1, 0.15) is 227 Å². The van der Waals surface area contributed by atoms with Crippen molar-refractivity contribution in [3.8, 4) is 0 Å². The van der Waals surface area contributed by atoms with Gasteiger partial charge in [-0.25, -0.2) is 8.42 Å². The molecule has 0 aromatic carbocycles. The zero-order valence-corrected chi connectivity index (χ0v) is 32.6. The molecule has 0 rings (SSSR count). The molecule has 0 amide bonds. The second kappa shape index (κ2) is 36.7. The van der Waals surface area contributed by atoms with Crippen molar-refractivity contribution in [3.63, 3.8) is 0 Å². The van der Waals surface area contributed by atoms with Gasteiger partial charge in [-0.15, -0.1) is 0 Å². The Morgan fingerprint density at radius 2 is 0.533 bits per heavy atom. The molecule has 0 saturated carbocycles. The molecular weight excluding hydrogens is 575 g/mol. The third kappa shape index (κ3) is 38.2. The Morgan fingerprint density at radius 1 is 0.333 bits per heavy atom. The van der Waals surface area contributed by atoms with Gasteiger partial charge in [-0.05, 0) is 57.8 Å². The summed E-state index contributed by atoms with van der Waals surface area (Å²) in [5.74, 6) is -0.195. The summed E-state index contributed by atoms with van der Waals surface area (Å²) in [4.78, 5) is 0. The van der Waals surface area contributed by atoms with Gasteiger partial charge >= 0.3 is 0 Å². The minimum atomic E-state index is -3.97. The number of nitrogens with zero attached hydrogens (tertiary/aromatic N) is 1. The smallest absolute Gasteiger partial charge is 0.0945 e. The van der Waals surface area contributed by atoms with Gasteiger partial charge in [0.1, 0.15) is 0 Å². The maximum absolute atomic E-state index is 10.2. The molecule has 0 fully saturated rings. The Bertz CT molecular complexity index is 582. The molecule has 0 aliphatic heterocycles. The van der Waals surface area contributed by atoms with E-state index in [1.165, 1.54) is 198 Å². The quantitative estimate of drug-likeness (QED) is 0.0386. The molecule has 0 unspecified atom stereocenters. The van der Waals surface area contributed by atoms with Crippen LogP contribution in [0.3, 0.4) is 0 Å². The first-order valence-electron chi connectivity index (χ1n) is 20.6. The molecule has 0 aliphatic rings. The first-order chi connectivity index (χ1) is 21.8. The monoisotopic (exact) mass is 660 g/mol. The Balaban J connectivity index is 0. The van der Waals surface area contributed by atoms with Crippen LogP contribution in [-0.2, 0) is 10.1 Å². The molecule has 0 bridgehead atoms. The first-order valence-corrected chi connectivity index (χ1v) is 22.2. The number of rotatable bonds is 35. The zero-order valence-electron chi connectivity index (χ0n) is 31.8. The fourth-order valence-electron chi connectivity index (χ4n) is 6.64. The SMILES string of the molecule is CCCCCCCCS(=O)(=O)[O-].CCCCCCCC[N+](CCCCCCCC)(CCCCCCCC)CCCCCCCC. The molecule has 0 spiro atoms. The summed E-state index contributed by atoms with van der Waals surface area (Å²) >= 11 is 0. The van der Waals surface area contributed by atoms with Crippen molar-refractivity contribution in [1.29, 1.82) is 0 Å². The molecule has 0 aromatic rings. The normalized spacial score (nSPS) is 12.0. The Kier molecular flexibility index (Phi) is 38.3. The minimum Gasteiger partial charge on any atom is -0.748 e. The second-order valence-corrected chi connectivity index (χ2v) is 15.9. The summed E-state index contributed by atoms with van der Waals surface area (Å²) in [5.41, 5.74) is 0. The molecule has 274 valence electrons. The van der Waals surface area contributed by atoms with E-state index in [0.717, 1.165) is 19.3 Å². The van der Waals surface area contributed by atoms with Crippen molar-refractivity contribution in [1.82, 2.24) is 0 Å². The molecule has 0 radical (unpaired) electrons. The van der Waals surface area contributed by atoms with E-state index in [2.05, 4.69) is 34.6 Å². The van der Waals surface area contributed by atoms with Crippen molar-refractivity contribution < 1.29 is 17.5 Å². The summed E-state index contributed by atoms with van der Waals surface area (Å²) in [6.45, 7) is 17.4. The van der Waals surface area contributed by atoms with Gasteiger partial charge in [0.05, 0.1) is 36.3 Å². The first kappa shape index (κ1) is 47.0. The van der Waals surface area contributed by atoms with Gasteiger partial charge in [0, 0.05) is 5.75 Å². The van der Waals surface area contributed by atoms with Crippen LogP contribution in [-0.4, -0.2) is 49.4 Å². The van der Waals surface area contributed by atoms with E-state index in [0.29, 0.717) is 6.42 Å². The lowest BCUT2D eigenvalue weighted by Crippen LogP contribution is -2.50. The van der Waals surface area contributed by atoms with Crippen LogP contribution in [0.25, 0.3) is 0 Å². The summed E-state index contributed by atoms with van der Waals surface area (Å²) in [6.07, 6.45) is 40.7. The highest BCUT2D eigenvalue weighted by atomic mass is 32.2. The van der Waals surface area contributed by atoms with Gasteiger partial charge in [0.2, 0.25) is 0 Å². The summed E-state index contributed by atoms with van der Waals surface area (Å²) in [5, 5.41) is 0. The number of hydrogen-bond acceptors (Lipinski definition) is 3. The van der Waals surface area contributed by atoms with E-state index < -0.39 is 10.1 Å². The summed E-state index contributed by atoms with van der Waals surface area (Å²) in [6, 6.07) is 0. The average molecular weight is 660 g/mol. The lowest BCUT2D eigenvalue weighted by atomic mass is 10.0. The predicted octanol–water partition coefficient (Wildman–Crippen LogP) is 13.1. The van der Waals surface area contributed by atoms with E-state index in [1.54, 1.807) is 0 Å². The highest BCUT2D eigenvalue weighted by Gasteiger charge is 2.25. The molecule has 45 heavy (non-hydrogen) atoms. The Hall–Kier alpha value is -0.130. The van der Waals surface area contributed by atoms with Crippen LogP contribution in [0.2, 0.25) is 0 Å². The van der Waals surface area contributed by atoms with Gasteiger partial charge < -0.3 is 9.04 Å². The number of unbranched alkanes of at least 4 members (excludes halogenated alkanes) is 25. The van der Waals surface area contributed by atoms with Gasteiger partial charge in [-0.1, -0.05) is 169 Å². The highest BCUT2D eigenvalue weighted by Crippen LogP contribution is 2.21. The molecule has 4 nitrogen and oxygen atoms in total. The van der Waals surface area contributed by atoms with Gasteiger partial charge in [-0.3, -0.25) is 0 Å². The van der Waals surface area contributed by atoms with Crippen LogP contribution >= 0.6 is 0 Å². The van der Waals surface area contributed by atoms with Crippen molar-refractivity contribution in [2.45, 2.75) is 227 Å². The maximum Gasteiger partial charge on any atom is 0.0945 e. The standard InChI is InChI=1S/C32H68N.C8H18O3S/c1-5-9-13-17-21-25-29-33(30-26-22-18-14-10-6-2,31-27-23-19-15-11-7-3)32-28-24-20-16-12-8-4;1-2-3-4-5-6-7-8-12(9,10)11/h5-32H2,1-4H3;2-8H2,1H3,(H,9,10,11)/q+1;/p-1. The Morgan fingerprint density at radius 3 is 0.756 bits per heavy atom. The molecule has 5 heteroatoms. The molecule has 0 N–H and O–H groups in total. The van der Waals surface area contributed by atoms with Crippen molar-refractivity contribution in [2.24, 2.45) is 0 Å².